The van der Waals surface area contributed by atoms with Gasteiger partial charge in [-0.15, -0.1) is 4.39 Å². The van der Waals surface area contributed by atoms with E-state index in [1.165, 1.54) is 0 Å². The van der Waals surface area contributed by atoms with Crippen molar-refractivity contribution in [3.8, 4) is 0 Å². The first-order valence-electron chi connectivity index (χ1n) is 3.33. The molecule has 1 fully saturated rings. The van der Waals surface area contributed by atoms with Gasteiger partial charge < -0.3 is 0 Å². The summed E-state index contributed by atoms with van der Waals surface area (Å²) in [4.78, 5) is 6.92. The fourth-order valence-corrected chi connectivity index (χ4v) is 1.06. The molecule has 0 aliphatic carbocycles. The lowest BCUT2D eigenvalue weighted by atomic mass is 10.2. The molecule has 1 aliphatic rings. The molecular weight excluding hydrogens is 261 g/mol. The number of rotatable bonds is 0. The lowest BCUT2D eigenvalue weighted by Gasteiger charge is -2.24. The second-order valence-electron chi connectivity index (χ2n) is 2.82. The molecule has 1 aliphatic heterocycles. The third-order valence-corrected chi connectivity index (χ3v) is 1.89. The number of carbonyl (C=O) groups excluding carboxylic acids is 1. The zero-order valence-corrected chi connectivity index (χ0v) is 6.76. The van der Waals surface area contributed by atoms with Crippen LogP contribution in [0.3, 0.4) is 0 Å². The number of carbonyl (C=O) groups is 1. The van der Waals surface area contributed by atoms with Crippen LogP contribution in [0.25, 0.3) is 0 Å². The number of amides is 1. The monoisotopic (exact) mass is 261 g/mol. The Morgan fingerprint density at radius 3 is 1.12 bits per heavy atom. The van der Waals surface area contributed by atoms with Crippen molar-refractivity contribution in [1.29, 1.82) is 0 Å². The Morgan fingerprint density at radius 1 is 0.750 bits per heavy atom. The number of likely N-dealkylation sites (tertiary alicyclic amines) is 1. The highest BCUT2D eigenvalue weighted by Crippen LogP contribution is 2.62. The number of halogens is 9. The first-order valence-corrected chi connectivity index (χ1v) is 3.33. The topological polar surface area (TPSA) is 20.3 Å². The van der Waals surface area contributed by atoms with E-state index in [2.05, 4.69) is 0 Å². The van der Waals surface area contributed by atoms with Gasteiger partial charge >= 0.3 is 30.1 Å². The Morgan fingerprint density at radius 2 is 1.00 bits per heavy atom. The summed E-state index contributed by atoms with van der Waals surface area (Å²) in [5.41, 5.74) is 0. The van der Waals surface area contributed by atoms with E-state index < -0.39 is 35.0 Å². The van der Waals surface area contributed by atoms with Crippen molar-refractivity contribution in [2.24, 2.45) is 0 Å². The van der Waals surface area contributed by atoms with Gasteiger partial charge in [0.25, 0.3) is 0 Å². The van der Waals surface area contributed by atoms with Crippen molar-refractivity contribution < 1.29 is 44.3 Å². The highest BCUT2D eigenvalue weighted by Gasteiger charge is 2.94. The molecule has 0 atom stereocenters. The van der Waals surface area contributed by atoms with E-state index in [0.29, 0.717) is 0 Å². The predicted octanol–water partition coefficient (Wildman–Crippen LogP) is 2.85. The van der Waals surface area contributed by atoms with Crippen LogP contribution < -0.4 is 0 Å². The number of hydrogen-bond donors (Lipinski definition) is 0. The molecule has 0 aromatic carbocycles. The van der Waals surface area contributed by atoms with Gasteiger partial charge in [0, 0.05) is 0 Å². The van der Waals surface area contributed by atoms with Gasteiger partial charge in [0.15, 0.2) is 0 Å². The van der Waals surface area contributed by atoms with Gasteiger partial charge in [-0.05, 0) is 0 Å². The van der Waals surface area contributed by atoms with Crippen LogP contribution in [0, 0.1) is 0 Å². The molecule has 0 saturated carbocycles. The summed E-state index contributed by atoms with van der Waals surface area (Å²) in [6, 6.07) is -12.7. The average molecular weight is 261 g/mol. The molecule has 1 amide bonds. The van der Waals surface area contributed by atoms with Gasteiger partial charge in [-0.3, -0.25) is 0 Å². The molecule has 1 saturated heterocycles. The van der Waals surface area contributed by atoms with Crippen LogP contribution in [0.4, 0.5) is 44.3 Å². The molecule has 2 nitrogen and oxygen atoms in total. The van der Waals surface area contributed by atoms with Gasteiger partial charge in [-0.25, -0.2) is 4.79 Å². The first kappa shape index (κ1) is 12.9. The van der Waals surface area contributed by atoms with Crippen molar-refractivity contribution in [1.82, 2.24) is 4.90 Å². The zero-order valence-electron chi connectivity index (χ0n) is 6.76. The minimum absolute atomic E-state index is 2.76. The highest BCUT2D eigenvalue weighted by atomic mass is 19.4. The lowest BCUT2D eigenvalue weighted by Crippen LogP contribution is -2.51. The quantitative estimate of drug-likeness (QED) is 0.373. The molecule has 0 aromatic rings. The molecule has 94 valence electrons. The second-order valence-corrected chi connectivity index (χ2v) is 2.82. The van der Waals surface area contributed by atoms with Crippen molar-refractivity contribution in [2.75, 3.05) is 0 Å². The SMILES string of the molecule is O=C(F)N1C(F)(F)C(F)(F)C(F)(F)C1(F)F. The van der Waals surface area contributed by atoms with E-state index in [1.807, 2.05) is 0 Å². The van der Waals surface area contributed by atoms with E-state index in [9.17, 15) is 44.3 Å². The van der Waals surface area contributed by atoms with Crippen LogP contribution in [-0.2, 0) is 0 Å². The van der Waals surface area contributed by atoms with Crippen LogP contribution in [-0.4, -0.2) is 35.0 Å². The fraction of sp³-hybridized carbons (Fsp3) is 0.800. The van der Waals surface area contributed by atoms with Crippen molar-refractivity contribution in [3.05, 3.63) is 0 Å². The minimum Gasteiger partial charge on any atom is -0.234 e. The Bertz CT molecular complexity index is 311. The van der Waals surface area contributed by atoms with E-state index in [0.717, 1.165) is 0 Å². The summed E-state index contributed by atoms with van der Waals surface area (Å²) >= 11 is 0. The summed E-state index contributed by atoms with van der Waals surface area (Å²) in [7, 11) is 0. The van der Waals surface area contributed by atoms with Crippen LogP contribution in [0.5, 0.6) is 0 Å². The molecular formula is C5F9NO. The van der Waals surface area contributed by atoms with Gasteiger partial charge in [0.1, 0.15) is 0 Å². The standard InChI is InChI=1S/C5F9NO/c6-1(16)15-4(11,12)2(7,8)3(9,10)5(15,13)14. The Balaban J connectivity index is 3.51. The number of nitrogens with zero attached hydrogens (tertiary/aromatic N) is 1. The normalized spacial score (nSPS) is 29.2. The van der Waals surface area contributed by atoms with Crippen molar-refractivity contribution >= 4 is 6.16 Å². The van der Waals surface area contributed by atoms with E-state index in [1.54, 1.807) is 0 Å². The maximum Gasteiger partial charge on any atom is 0.409 e. The fourth-order valence-electron chi connectivity index (χ4n) is 1.06. The van der Waals surface area contributed by atoms with Gasteiger partial charge in [0.05, 0.1) is 0 Å². The maximum atomic E-state index is 12.4. The molecule has 0 aromatic heterocycles. The Hall–Kier alpha value is -1.16. The molecule has 1 heterocycles. The summed E-state index contributed by atoms with van der Waals surface area (Å²) in [6.07, 6.45) is -3.79. The van der Waals surface area contributed by atoms with E-state index >= 15 is 0 Å². The Labute approximate surface area is 80.6 Å². The van der Waals surface area contributed by atoms with Gasteiger partial charge in [-0.1, -0.05) is 0 Å². The zero-order chi connectivity index (χ0) is 13.2. The Kier molecular flexibility index (Phi) is 2.21. The van der Waals surface area contributed by atoms with E-state index in [-0.39, 0.29) is 0 Å². The molecule has 0 bridgehead atoms. The number of hydrogen-bond acceptors (Lipinski definition) is 1. The summed E-state index contributed by atoms with van der Waals surface area (Å²) in [5.74, 6) is -13.2. The molecule has 0 spiro atoms. The third kappa shape index (κ3) is 1.03. The van der Waals surface area contributed by atoms with Gasteiger partial charge in [0.2, 0.25) is 0 Å². The lowest BCUT2D eigenvalue weighted by molar-refractivity contribution is -0.303. The van der Waals surface area contributed by atoms with Gasteiger partial charge in [-0.2, -0.15) is 40.0 Å². The largest absolute Gasteiger partial charge is 0.409 e. The van der Waals surface area contributed by atoms with Crippen LogP contribution in [0.1, 0.15) is 0 Å². The van der Waals surface area contributed by atoms with Crippen LogP contribution >= 0.6 is 0 Å². The smallest absolute Gasteiger partial charge is 0.234 e. The molecule has 16 heavy (non-hydrogen) atoms. The predicted molar refractivity (Wildman–Crippen MR) is 28.1 cm³/mol. The van der Waals surface area contributed by atoms with Crippen LogP contribution in [0.2, 0.25) is 0 Å². The molecule has 0 radical (unpaired) electrons. The number of alkyl halides is 8. The highest BCUT2D eigenvalue weighted by molar-refractivity contribution is 5.68. The van der Waals surface area contributed by atoms with Crippen molar-refractivity contribution in [2.45, 2.75) is 23.9 Å². The van der Waals surface area contributed by atoms with Crippen LogP contribution in [0.15, 0.2) is 0 Å². The summed E-state index contributed by atoms with van der Waals surface area (Å²) in [5, 5.41) is 0. The maximum absolute atomic E-state index is 12.4. The molecule has 1 rings (SSSR count). The summed E-state index contributed by atoms with van der Waals surface area (Å²) < 4.78 is 110. The molecule has 0 unspecified atom stereocenters. The van der Waals surface area contributed by atoms with E-state index in [4.69, 9.17) is 0 Å². The third-order valence-electron chi connectivity index (χ3n) is 1.89. The molecule has 11 heteroatoms. The first-order chi connectivity index (χ1) is 6.82. The average Bonchev–Trinajstić information content (AvgIpc) is 2.05. The summed E-state index contributed by atoms with van der Waals surface area (Å²) in [6.45, 7) is 0. The molecule has 0 N–H and O–H groups in total. The van der Waals surface area contributed by atoms with Crippen molar-refractivity contribution in [3.63, 3.8) is 0 Å². The minimum atomic E-state index is -6.58. The second kappa shape index (κ2) is 2.74.